The maximum absolute atomic E-state index is 12.9. The van der Waals surface area contributed by atoms with E-state index in [-0.39, 0.29) is 4.90 Å². The van der Waals surface area contributed by atoms with Crippen molar-refractivity contribution in [2.45, 2.75) is 24.3 Å². The molecule has 2 rings (SSSR count). The van der Waals surface area contributed by atoms with Gasteiger partial charge in [0.2, 0.25) is 15.9 Å². The Morgan fingerprint density at radius 3 is 2.32 bits per heavy atom. The molecule has 134 valence electrons. The summed E-state index contributed by atoms with van der Waals surface area (Å²) in [7, 11) is -3.90. The first-order valence-corrected chi connectivity index (χ1v) is 9.44. The number of nitrogens with one attached hydrogen (secondary N) is 2. The summed E-state index contributed by atoms with van der Waals surface area (Å²) in [4.78, 5) is 11.9. The first-order chi connectivity index (χ1) is 11.8. The molecule has 0 saturated carbocycles. The lowest BCUT2D eigenvalue weighted by atomic mass is 10.1. The van der Waals surface area contributed by atoms with E-state index in [1.807, 2.05) is 12.1 Å². The highest BCUT2D eigenvalue weighted by atomic mass is 35.5. The van der Waals surface area contributed by atoms with Crippen LogP contribution in [0.1, 0.15) is 12.5 Å². The van der Waals surface area contributed by atoms with Crippen LogP contribution in [-0.4, -0.2) is 26.9 Å². The van der Waals surface area contributed by atoms with Gasteiger partial charge in [-0.3, -0.25) is 4.79 Å². The molecule has 0 bridgehead atoms. The predicted molar refractivity (Wildman–Crippen MR) is 94.3 cm³/mol. The minimum absolute atomic E-state index is 0.102. The average Bonchev–Trinajstić information content (AvgIpc) is 2.56. The van der Waals surface area contributed by atoms with E-state index >= 15 is 0 Å². The quantitative estimate of drug-likeness (QED) is 0.770. The Morgan fingerprint density at radius 2 is 1.72 bits per heavy atom. The average molecular weight is 385 g/mol. The van der Waals surface area contributed by atoms with E-state index in [4.69, 9.17) is 11.6 Å². The molecule has 2 aromatic carbocycles. The van der Waals surface area contributed by atoms with Gasteiger partial charge in [0.25, 0.3) is 0 Å². The number of sulfonamides is 1. The summed E-state index contributed by atoms with van der Waals surface area (Å²) < 4.78 is 39.5. The summed E-state index contributed by atoms with van der Waals surface area (Å²) >= 11 is 5.80. The standard InChI is InChI=1S/C17H18ClFN2O3S/c1-12(21-25(23,24)16-8-6-15(19)7-9-16)17(22)20-11-10-13-2-4-14(18)5-3-13/h2-9,12,21H,10-11H2,1H3,(H,20,22)/t12-/m1/s1. The maximum Gasteiger partial charge on any atom is 0.241 e. The normalized spacial score (nSPS) is 12.6. The molecule has 5 nitrogen and oxygen atoms in total. The number of hydrogen-bond donors (Lipinski definition) is 2. The van der Waals surface area contributed by atoms with Crippen molar-refractivity contribution in [3.63, 3.8) is 0 Å². The lowest BCUT2D eigenvalue weighted by Gasteiger charge is -2.14. The van der Waals surface area contributed by atoms with Crippen LogP contribution >= 0.6 is 11.6 Å². The summed E-state index contributed by atoms with van der Waals surface area (Å²) in [5.74, 6) is -0.980. The second kappa shape index (κ2) is 8.42. The minimum atomic E-state index is -3.90. The fourth-order valence-electron chi connectivity index (χ4n) is 2.10. The molecule has 8 heteroatoms. The summed E-state index contributed by atoms with van der Waals surface area (Å²) in [5.41, 5.74) is 1.00. The Labute approximate surface area is 151 Å². The van der Waals surface area contributed by atoms with Gasteiger partial charge in [-0.05, 0) is 55.3 Å². The zero-order valence-corrected chi connectivity index (χ0v) is 15.1. The Hall–Kier alpha value is -1.96. The maximum atomic E-state index is 12.9. The number of amides is 1. The lowest BCUT2D eigenvalue weighted by Crippen LogP contribution is -2.45. The number of benzene rings is 2. The van der Waals surface area contributed by atoms with Crippen molar-refractivity contribution in [1.82, 2.24) is 10.0 Å². The fourth-order valence-corrected chi connectivity index (χ4v) is 3.43. The lowest BCUT2D eigenvalue weighted by molar-refractivity contribution is -0.122. The Morgan fingerprint density at radius 1 is 1.12 bits per heavy atom. The van der Waals surface area contributed by atoms with Gasteiger partial charge < -0.3 is 5.32 Å². The van der Waals surface area contributed by atoms with Crippen LogP contribution in [-0.2, 0) is 21.2 Å². The topological polar surface area (TPSA) is 75.3 Å². The number of rotatable bonds is 7. The van der Waals surface area contributed by atoms with Crippen molar-refractivity contribution in [2.24, 2.45) is 0 Å². The van der Waals surface area contributed by atoms with Gasteiger partial charge in [-0.15, -0.1) is 0 Å². The monoisotopic (exact) mass is 384 g/mol. The molecule has 0 fully saturated rings. The Kier molecular flexibility index (Phi) is 6.52. The van der Waals surface area contributed by atoms with E-state index in [1.165, 1.54) is 6.92 Å². The fraction of sp³-hybridized carbons (Fsp3) is 0.235. The highest BCUT2D eigenvalue weighted by molar-refractivity contribution is 7.89. The van der Waals surface area contributed by atoms with Crippen molar-refractivity contribution in [3.05, 3.63) is 64.9 Å². The third kappa shape index (κ3) is 5.81. The van der Waals surface area contributed by atoms with Crippen molar-refractivity contribution in [2.75, 3.05) is 6.54 Å². The number of hydrogen-bond acceptors (Lipinski definition) is 3. The first kappa shape index (κ1) is 19.4. The SMILES string of the molecule is C[C@@H](NS(=O)(=O)c1ccc(F)cc1)C(=O)NCCc1ccc(Cl)cc1. The molecule has 0 unspecified atom stereocenters. The van der Waals surface area contributed by atoms with Gasteiger partial charge in [-0.1, -0.05) is 23.7 Å². The molecule has 0 aromatic heterocycles. The smallest absolute Gasteiger partial charge is 0.241 e. The number of carbonyl (C=O) groups excluding carboxylic acids is 1. The molecule has 0 radical (unpaired) electrons. The second-order valence-electron chi connectivity index (χ2n) is 5.46. The summed E-state index contributed by atoms with van der Waals surface area (Å²) in [5, 5.41) is 3.31. The molecule has 0 spiro atoms. The van der Waals surface area contributed by atoms with Crippen LogP contribution in [0.4, 0.5) is 4.39 Å². The van der Waals surface area contributed by atoms with E-state index in [0.29, 0.717) is 18.0 Å². The minimum Gasteiger partial charge on any atom is -0.354 e. The van der Waals surface area contributed by atoms with Crippen LogP contribution < -0.4 is 10.0 Å². The van der Waals surface area contributed by atoms with E-state index in [1.54, 1.807) is 12.1 Å². The largest absolute Gasteiger partial charge is 0.354 e. The summed E-state index contributed by atoms with van der Waals surface area (Å²) in [6, 6.07) is 10.7. The van der Waals surface area contributed by atoms with E-state index < -0.39 is 27.8 Å². The van der Waals surface area contributed by atoms with Crippen LogP contribution in [0, 0.1) is 5.82 Å². The molecular weight excluding hydrogens is 367 g/mol. The molecule has 2 N–H and O–H groups in total. The van der Waals surface area contributed by atoms with E-state index in [0.717, 1.165) is 29.8 Å². The van der Waals surface area contributed by atoms with Gasteiger partial charge in [-0.25, -0.2) is 12.8 Å². The van der Waals surface area contributed by atoms with Crippen molar-refractivity contribution < 1.29 is 17.6 Å². The number of carbonyl (C=O) groups is 1. The summed E-state index contributed by atoms with van der Waals surface area (Å²) in [6.07, 6.45) is 0.598. The van der Waals surface area contributed by atoms with E-state index in [9.17, 15) is 17.6 Å². The molecular formula is C17H18ClFN2O3S. The van der Waals surface area contributed by atoms with Crippen molar-refractivity contribution >= 4 is 27.5 Å². The Bertz CT molecular complexity index is 824. The highest BCUT2D eigenvalue weighted by Crippen LogP contribution is 2.11. The first-order valence-electron chi connectivity index (χ1n) is 7.58. The van der Waals surface area contributed by atoms with Crippen LogP contribution in [0.5, 0.6) is 0 Å². The van der Waals surface area contributed by atoms with Crippen molar-refractivity contribution in [1.29, 1.82) is 0 Å². The van der Waals surface area contributed by atoms with Crippen LogP contribution in [0.3, 0.4) is 0 Å². The van der Waals surface area contributed by atoms with Crippen LogP contribution in [0.2, 0.25) is 5.02 Å². The van der Waals surface area contributed by atoms with Gasteiger partial charge >= 0.3 is 0 Å². The third-order valence-electron chi connectivity index (χ3n) is 3.48. The second-order valence-corrected chi connectivity index (χ2v) is 7.61. The molecule has 2 aromatic rings. The molecule has 0 aliphatic rings. The van der Waals surface area contributed by atoms with Gasteiger partial charge in [0.05, 0.1) is 10.9 Å². The zero-order chi connectivity index (χ0) is 18.4. The molecule has 1 amide bonds. The Balaban J connectivity index is 1.86. The van der Waals surface area contributed by atoms with Crippen molar-refractivity contribution in [3.8, 4) is 0 Å². The highest BCUT2D eigenvalue weighted by Gasteiger charge is 2.21. The molecule has 0 aliphatic heterocycles. The number of halogens is 2. The van der Waals surface area contributed by atoms with E-state index in [2.05, 4.69) is 10.0 Å². The van der Waals surface area contributed by atoms with Gasteiger partial charge in [-0.2, -0.15) is 4.72 Å². The zero-order valence-electron chi connectivity index (χ0n) is 13.5. The van der Waals surface area contributed by atoms with Gasteiger partial charge in [0.15, 0.2) is 0 Å². The molecule has 25 heavy (non-hydrogen) atoms. The molecule has 0 heterocycles. The van der Waals surface area contributed by atoms with Gasteiger partial charge in [0, 0.05) is 11.6 Å². The van der Waals surface area contributed by atoms with Crippen LogP contribution in [0.15, 0.2) is 53.4 Å². The molecule has 0 aliphatic carbocycles. The van der Waals surface area contributed by atoms with Crippen LogP contribution in [0.25, 0.3) is 0 Å². The molecule has 1 atom stereocenters. The van der Waals surface area contributed by atoms with Gasteiger partial charge in [0.1, 0.15) is 5.82 Å². The molecule has 0 saturated heterocycles. The predicted octanol–water partition coefficient (Wildman–Crippen LogP) is 2.50. The third-order valence-corrected chi connectivity index (χ3v) is 5.28. The summed E-state index contributed by atoms with van der Waals surface area (Å²) in [6.45, 7) is 1.81.